The number of phenolic OH excluding ortho intramolecular Hbond substituents is 1. The van der Waals surface area contributed by atoms with E-state index in [0.29, 0.717) is 24.3 Å². The summed E-state index contributed by atoms with van der Waals surface area (Å²) >= 11 is 0. The molecule has 0 spiro atoms. The predicted molar refractivity (Wildman–Crippen MR) is 76.3 cm³/mol. The Labute approximate surface area is 122 Å². The topological polar surface area (TPSA) is 95.9 Å². The molecule has 1 amide bonds. The maximum Gasteiger partial charge on any atom is 0.307 e. The Bertz CT molecular complexity index is 557. The first-order valence-electron chi connectivity index (χ1n) is 6.83. The van der Waals surface area contributed by atoms with Crippen LogP contribution in [0.15, 0.2) is 18.2 Å². The van der Waals surface area contributed by atoms with Crippen LogP contribution in [-0.4, -0.2) is 29.2 Å². The third-order valence-corrected chi connectivity index (χ3v) is 3.90. The Balaban J connectivity index is 2.10. The number of phenols is 1. The van der Waals surface area contributed by atoms with Gasteiger partial charge in [-0.25, -0.2) is 0 Å². The minimum absolute atomic E-state index is 0.0788. The molecule has 3 N–H and O–H groups in total. The molecule has 0 aliphatic heterocycles. The van der Waals surface area contributed by atoms with Crippen molar-refractivity contribution in [2.45, 2.75) is 19.8 Å². The molecule has 6 nitrogen and oxygen atoms in total. The number of carboxylic acids is 1. The van der Waals surface area contributed by atoms with E-state index < -0.39 is 17.8 Å². The van der Waals surface area contributed by atoms with Crippen molar-refractivity contribution in [3.05, 3.63) is 18.2 Å². The zero-order chi connectivity index (χ0) is 15.6. The Kier molecular flexibility index (Phi) is 4.35. The lowest BCUT2D eigenvalue weighted by Crippen LogP contribution is -2.29. The second-order valence-electron chi connectivity index (χ2n) is 5.50. The SMILES string of the molecule is COc1ccc(NC(=O)[C@H]2CC(C)C[C@H]2C(=O)O)cc1O. The number of carbonyl (C=O) groups is 2. The average Bonchev–Trinajstić information content (AvgIpc) is 2.81. The van der Waals surface area contributed by atoms with Gasteiger partial charge in [0, 0.05) is 11.8 Å². The van der Waals surface area contributed by atoms with E-state index in [1.54, 1.807) is 6.07 Å². The van der Waals surface area contributed by atoms with Gasteiger partial charge in [-0.2, -0.15) is 0 Å². The van der Waals surface area contributed by atoms with E-state index in [4.69, 9.17) is 4.74 Å². The summed E-state index contributed by atoms with van der Waals surface area (Å²) in [7, 11) is 1.44. The van der Waals surface area contributed by atoms with Crippen LogP contribution in [0.25, 0.3) is 0 Å². The number of hydrogen-bond acceptors (Lipinski definition) is 4. The average molecular weight is 293 g/mol. The summed E-state index contributed by atoms with van der Waals surface area (Å²) in [5.41, 5.74) is 0.419. The quantitative estimate of drug-likeness (QED) is 0.790. The van der Waals surface area contributed by atoms with Crippen LogP contribution in [0.3, 0.4) is 0 Å². The minimum Gasteiger partial charge on any atom is -0.504 e. The molecule has 1 saturated carbocycles. The molecule has 1 unspecified atom stereocenters. The second-order valence-corrected chi connectivity index (χ2v) is 5.50. The van der Waals surface area contributed by atoms with E-state index in [1.807, 2.05) is 6.92 Å². The maximum absolute atomic E-state index is 12.3. The van der Waals surface area contributed by atoms with Crippen molar-refractivity contribution in [1.82, 2.24) is 0 Å². The van der Waals surface area contributed by atoms with Crippen molar-refractivity contribution in [2.24, 2.45) is 17.8 Å². The first kappa shape index (κ1) is 15.2. The van der Waals surface area contributed by atoms with E-state index >= 15 is 0 Å². The molecular formula is C15H19NO5. The molecule has 1 aromatic carbocycles. The molecule has 1 aliphatic carbocycles. The first-order valence-corrected chi connectivity index (χ1v) is 6.83. The largest absolute Gasteiger partial charge is 0.504 e. The number of aromatic hydroxyl groups is 1. The van der Waals surface area contributed by atoms with Gasteiger partial charge in [0.2, 0.25) is 5.91 Å². The second kappa shape index (κ2) is 6.03. The number of hydrogen-bond donors (Lipinski definition) is 3. The lowest BCUT2D eigenvalue weighted by molar-refractivity contribution is -0.145. The van der Waals surface area contributed by atoms with Gasteiger partial charge in [0.25, 0.3) is 0 Å². The number of methoxy groups -OCH3 is 1. The maximum atomic E-state index is 12.3. The Morgan fingerprint density at radius 1 is 1.29 bits per heavy atom. The number of ether oxygens (including phenoxy) is 1. The number of benzene rings is 1. The van der Waals surface area contributed by atoms with Gasteiger partial charge in [0.15, 0.2) is 11.5 Å². The number of rotatable bonds is 4. The zero-order valence-corrected chi connectivity index (χ0v) is 12.0. The fourth-order valence-corrected chi connectivity index (χ4v) is 2.86. The molecule has 3 atom stereocenters. The lowest BCUT2D eigenvalue weighted by atomic mass is 9.95. The highest BCUT2D eigenvalue weighted by Crippen LogP contribution is 2.37. The Hall–Kier alpha value is -2.24. The number of anilines is 1. The van der Waals surface area contributed by atoms with Gasteiger partial charge >= 0.3 is 5.97 Å². The third-order valence-electron chi connectivity index (χ3n) is 3.90. The van der Waals surface area contributed by atoms with E-state index in [1.165, 1.54) is 19.2 Å². The number of amides is 1. The predicted octanol–water partition coefficient (Wildman–Crippen LogP) is 2.09. The molecule has 6 heteroatoms. The molecule has 1 fully saturated rings. The van der Waals surface area contributed by atoms with Crippen LogP contribution >= 0.6 is 0 Å². The van der Waals surface area contributed by atoms with Crippen molar-refractivity contribution in [3.63, 3.8) is 0 Å². The van der Waals surface area contributed by atoms with Crippen LogP contribution in [0.5, 0.6) is 11.5 Å². The first-order chi connectivity index (χ1) is 9.92. The fourth-order valence-electron chi connectivity index (χ4n) is 2.86. The van der Waals surface area contributed by atoms with Gasteiger partial charge in [-0.1, -0.05) is 6.92 Å². The summed E-state index contributed by atoms with van der Waals surface area (Å²) in [5, 5.41) is 21.5. The molecule has 114 valence electrons. The summed E-state index contributed by atoms with van der Waals surface area (Å²) in [6, 6.07) is 4.52. The number of nitrogens with one attached hydrogen (secondary N) is 1. The molecule has 0 heterocycles. The smallest absolute Gasteiger partial charge is 0.307 e. The highest BCUT2D eigenvalue weighted by molar-refractivity contribution is 5.95. The van der Waals surface area contributed by atoms with Gasteiger partial charge in [-0.15, -0.1) is 0 Å². The highest BCUT2D eigenvalue weighted by atomic mass is 16.5. The van der Waals surface area contributed by atoms with Crippen LogP contribution in [-0.2, 0) is 9.59 Å². The monoisotopic (exact) mass is 293 g/mol. The van der Waals surface area contributed by atoms with E-state index in [2.05, 4.69) is 5.32 Å². The van der Waals surface area contributed by atoms with Crippen LogP contribution < -0.4 is 10.1 Å². The van der Waals surface area contributed by atoms with Crippen LogP contribution in [0.1, 0.15) is 19.8 Å². The lowest BCUT2D eigenvalue weighted by Gasteiger charge is -2.16. The van der Waals surface area contributed by atoms with E-state index in [-0.39, 0.29) is 17.6 Å². The Morgan fingerprint density at radius 2 is 1.95 bits per heavy atom. The molecule has 21 heavy (non-hydrogen) atoms. The normalized spacial score (nSPS) is 24.6. The van der Waals surface area contributed by atoms with Crippen molar-refractivity contribution in [1.29, 1.82) is 0 Å². The summed E-state index contributed by atoms with van der Waals surface area (Å²) in [6.45, 7) is 1.95. The molecular weight excluding hydrogens is 274 g/mol. The Morgan fingerprint density at radius 3 is 2.52 bits per heavy atom. The third kappa shape index (κ3) is 3.26. The van der Waals surface area contributed by atoms with Gasteiger partial charge in [0.05, 0.1) is 18.9 Å². The fraction of sp³-hybridized carbons (Fsp3) is 0.467. The van der Waals surface area contributed by atoms with Gasteiger partial charge in [-0.3, -0.25) is 9.59 Å². The number of carboxylic acid groups (broad SMARTS) is 1. The summed E-state index contributed by atoms with van der Waals surface area (Å²) < 4.78 is 4.93. The molecule has 0 saturated heterocycles. The van der Waals surface area contributed by atoms with Gasteiger partial charge in [0.1, 0.15) is 0 Å². The van der Waals surface area contributed by atoms with Crippen LogP contribution in [0.2, 0.25) is 0 Å². The highest BCUT2D eigenvalue weighted by Gasteiger charge is 2.41. The summed E-state index contributed by atoms with van der Waals surface area (Å²) in [6.07, 6.45) is 1.08. The van der Waals surface area contributed by atoms with E-state index in [0.717, 1.165) is 0 Å². The zero-order valence-electron chi connectivity index (χ0n) is 12.0. The van der Waals surface area contributed by atoms with Crippen LogP contribution in [0, 0.1) is 17.8 Å². The molecule has 1 aromatic rings. The molecule has 0 radical (unpaired) electrons. The molecule has 1 aliphatic rings. The van der Waals surface area contributed by atoms with Crippen molar-refractivity contribution in [2.75, 3.05) is 12.4 Å². The standard InChI is InChI=1S/C15H19NO5/c1-8-5-10(11(6-8)15(19)20)14(18)16-9-3-4-13(21-2)12(17)7-9/h3-4,7-8,10-11,17H,5-6H2,1-2H3,(H,16,18)(H,19,20)/t8?,10-,11+/m0/s1. The van der Waals surface area contributed by atoms with E-state index in [9.17, 15) is 19.8 Å². The van der Waals surface area contributed by atoms with Gasteiger partial charge < -0.3 is 20.3 Å². The molecule has 2 rings (SSSR count). The van der Waals surface area contributed by atoms with Crippen LogP contribution in [0.4, 0.5) is 5.69 Å². The molecule has 0 bridgehead atoms. The minimum atomic E-state index is -0.933. The number of carbonyl (C=O) groups excluding carboxylic acids is 1. The van der Waals surface area contributed by atoms with Crippen molar-refractivity contribution in [3.8, 4) is 11.5 Å². The molecule has 0 aromatic heterocycles. The van der Waals surface area contributed by atoms with Crippen molar-refractivity contribution >= 4 is 17.6 Å². The summed E-state index contributed by atoms with van der Waals surface area (Å²) in [4.78, 5) is 23.5. The number of aliphatic carboxylic acids is 1. The van der Waals surface area contributed by atoms with Gasteiger partial charge in [-0.05, 0) is 30.9 Å². The van der Waals surface area contributed by atoms with Crippen molar-refractivity contribution < 1.29 is 24.5 Å². The summed E-state index contributed by atoms with van der Waals surface area (Å²) in [5.74, 6) is -2.00.